The summed E-state index contributed by atoms with van der Waals surface area (Å²) in [4.78, 5) is 20.3. The second kappa shape index (κ2) is 11.3. The number of nitrogens with zero attached hydrogens (tertiary/aromatic N) is 2. The number of aromatic amines is 2. The summed E-state index contributed by atoms with van der Waals surface area (Å²) in [7, 11) is -2.11. The molecule has 9 nitrogen and oxygen atoms in total. The van der Waals surface area contributed by atoms with Crippen molar-refractivity contribution in [2.24, 2.45) is 7.05 Å². The Morgan fingerprint density at radius 1 is 0.933 bits per heavy atom. The maximum absolute atomic E-state index is 13.7. The molecule has 1 unspecified atom stereocenters. The van der Waals surface area contributed by atoms with Crippen LogP contribution in [0.25, 0.3) is 32.7 Å². The molecular weight excluding hydrogens is 654 g/mol. The number of H-pyrrole nitrogens is 2. The van der Waals surface area contributed by atoms with Crippen molar-refractivity contribution in [3.63, 3.8) is 0 Å². The standard InChI is InChI=1S/C34H28BrN5O4S/c1-40-33-27(19-36-40)32(41)30(34(42)39-33)29(22-9-6-10-23(35)17-22)31-26(25-11-4-5-12-28(25)38-31)15-16-37-45(43,44)24-14-13-20-7-2-3-8-21(20)18-24/h2-14,17-19,29,37-38H,15-16H2,1H3,(H2,39,41,42). The highest BCUT2D eigenvalue weighted by atomic mass is 79.9. The van der Waals surface area contributed by atoms with E-state index in [1.165, 1.54) is 10.9 Å². The molecule has 45 heavy (non-hydrogen) atoms. The molecule has 0 amide bonds. The number of hydrogen-bond donors (Lipinski definition) is 4. The van der Waals surface area contributed by atoms with Crippen LogP contribution < -0.4 is 10.3 Å². The molecule has 0 saturated heterocycles. The van der Waals surface area contributed by atoms with E-state index < -0.39 is 21.5 Å². The molecule has 7 aromatic rings. The first-order chi connectivity index (χ1) is 21.7. The molecule has 0 saturated carbocycles. The van der Waals surface area contributed by atoms with Crippen LogP contribution in [0.2, 0.25) is 0 Å². The predicted octanol–water partition coefficient (Wildman–Crippen LogP) is 6.07. The summed E-state index contributed by atoms with van der Waals surface area (Å²) >= 11 is 3.56. The number of benzene rings is 4. The number of pyridine rings is 1. The zero-order valence-electron chi connectivity index (χ0n) is 24.1. The molecule has 0 radical (unpaired) electrons. The van der Waals surface area contributed by atoms with Gasteiger partial charge in [0.2, 0.25) is 10.0 Å². The van der Waals surface area contributed by atoms with Gasteiger partial charge in [0.05, 0.1) is 28.0 Å². The number of aromatic hydroxyl groups is 1. The van der Waals surface area contributed by atoms with Gasteiger partial charge in [-0.1, -0.05) is 76.6 Å². The van der Waals surface area contributed by atoms with Gasteiger partial charge in [0.25, 0.3) is 5.56 Å². The molecule has 0 bridgehead atoms. The molecule has 3 aromatic heterocycles. The van der Waals surface area contributed by atoms with E-state index in [9.17, 15) is 18.3 Å². The molecule has 226 valence electrons. The second-order valence-corrected chi connectivity index (χ2v) is 13.6. The van der Waals surface area contributed by atoms with E-state index >= 15 is 0 Å². The van der Waals surface area contributed by atoms with E-state index in [-0.39, 0.29) is 22.8 Å². The number of rotatable bonds is 8. The van der Waals surface area contributed by atoms with E-state index in [0.29, 0.717) is 23.1 Å². The van der Waals surface area contributed by atoms with Gasteiger partial charge in [-0.25, -0.2) is 13.1 Å². The molecule has 7 rings (SSSR count). The summed E-state index contributed by atoms with van der Waals surface area (Å²) in [5, 5.41) is 18.9. The average molecular weight is 683 g/mol. The van der Waals surface area contributed by atoms with Crippen molar-refractivity contribution < 1.29 is 13.5 Å². The van der Waals surface area contributed by atoms with Crippen LogP contribution in [0.4, 0.5) is 0 Å². The van der Waals surface area contributed by atoms with Gasteiger partial charge in [-0.3, -0.25) is 9.48 Å². The third kappa shape index (κ3) is 5.22. The quantitative estimate of drug-likeness (QED) is 0.155. The molecule has 4 N–H and O–H groups in total. The first-order valence-corrected chi connectivity index (χ1v) is 16.6. The summed E-state index contributed by atoms with van der Waals surface area (Å²) in [5.74, 6) is -0.871. The minimum atomic E-state index is -3.81. The third-order valence-corrected chi connectivity index (χ3v) is 10.2. The molecule has 0 aliphatic rings. The molecule has 1 atom stereocenters. The number of nitrogens with one attached hydrogen (secondary N) is 3. The summed E-state index contributed by atoms with van der Waals surface area (Å²) in [6, 6.07) is 28.0. The SMILES string of the molecule is Cn1ncc2c(O)c(C(c3cccc(Br)c3)c3[nH]c4ccccc4c3CCNS(=O)(=O)c3ccc4ccccc4c3)c(=O)[nH]c21. The Morgan fingerprint density at radius 3 is 2.53 bits per heavy atom. The Bertz CT molecular complexity index is 2410. The fraction of sp³-hybridized carbons (Fsp3) is 0.118. The molecule has 0 fully saturated rings. The number of sulfonamides is 1. The molecular formula is C34H28BrN5O4S. The lowest BCUT2D eigenvalue weighted by Crippen LogP contribution is -2.26. The number of para-hydroxylation sites is 1. The number of hydrogen-bond acceptors (Lipinski definition) is 5. The van der Waals surface area contributed by atoms with E-state index in [0.717, 1.165) is 37.3 Å². The van der Waals surface area contributed by atoms with Gasteiger partial charge in [-0.15, -0.1) is 0 Å². The third-order valence-electron chi connectivity index (χ3n) is 8.23. The Hall–Kier alpha value is -4.71. The van der Waals surface area contributed by atoms with Crippen LogP contribution in [-0.2, 0) is 23.5 Å². The monoisotopic (exact) mass is 681 g/mol. The molecule has 0 aliphatic carbocycles. The van der Waals surface area contributed by atoms with E-state index in [4.69, 9.17) is 0 Å². The van der Waals surface area contributed by atoms with Crippen molar-refractivity contribution in [1.29, 1.82) is 0 Å². The molecule has 4 aromatic carbocycles. The summed E-state index contributed by atoms with van der Waals surface area (Å²) in [6.07, 6.45) is 1.85. The average Bonchev–Trinajstić information content (AvgIpc) is 3.58. The number of halogens is 1. The van der Waals surface area contributed by atoms with E-state index in [1.54, 1.807) is 25.2 Å². The Morgan fingerprint density at radius 2 is 1.71 bits per heavy atom. The minimum Gasteiger partial charge on any atom is -0.507 e. The maximum Gasteiger partial charge on any atom is 0.257 e. The van der Waals surface area contributed by atoms with Crippen molar-refractivity contribution in [2.45, 2.75) is 17.2 Å². The molecule has 3 heterocycles. The van der Waals surface area contributed by atoms with Gasteiger partial charge in [-0.2, -0.15) is 5.10 Å². The van der Waals surface area contributed by atoms with Gasteiger partial charge in [0.1, 0.15) is 11.4 Å². The van der Waals surface area contributed by atoms with Crippen LogP contribution in [0.3, 0.4) is 0 Å². The zero-order valence-corrected chi connectivity index (χ0v) is 26.5. The van der Waals surface area contributed by atoms with Crippen molar-refractivity contribution in [3.8, 4) is 5.75 Å². The van der Waals surface area contributed by atoms with Crippen molar-refractivity contribution in [3.05, 3.63) is 134 Å². The fourth-order valence-electron chi connectivity index (χ4n) is 6.08. The lowest BCUT2D eigenvalue weighted by Gasteiger charge is -2.20. The lowest BCUT2D eigenvalue weighted by molar-refractivity contribution is 0.471. The van der Waals surface area contributed by atoms with Gasteiger partial charge < -0.3 is 15.1 Å². The largest absolute Gasteiger partial charge is 0.507 e. The molecule has 11 heteroatoms. The Kier molecular flexibility index (Phi) is 7.31. The van der Waals surface area contributed by atoms with Crippen LogP contribution in [0.5, 0.6) is 5.75 Å². The van der Waals surface area contributed by atoms with E-state index in [1.807, 2.05) is 72.8 Å². The Labute approximate surface area is 266 Å². The number of fused-ring (bicyclic) bond motifs is 3. The topological polar surface area (TPSA) is 133 Å². The van der Waals surface area contributed by atoms with Crippen LogP contribution >= 0.6 is 15.9 Å². The van der Waals surface area contributed by atoms with Crippen LogP contribution in [0.1, 0.15) is 28.3 Å². The van der Waals surface area contributed by atoms with Crippen molar-refractivity contribution in [1.82, 2.24) is 24.5 Å². The smallest absolute Gasteiger partial charge is 0.257 e. The fourth-order valence-corrected chi connectivity index (χ4v) is 7.57. The van der Waals surface area contributed by atoms with Gasteiger partial charge in [0.15, 0.2) is 0 Å². The molecule has 0 spiro atoms. The second-order valence-electron chi connectivity index (χ2n) is 11.0. The van der Waals surface area contributed by atoms with Gasteiger partial charge in [0, 0.05) is 34.7 Å². The maximum atomic E-state index is 13.7. The van der Waals surface area contributed by atoms with E-state index in [2.05, 4.69) is 35.7 Å². The lowest BCUT2D eigenvalue weighted by atomic mass is 9.85. The summed E-state index contributed by atoms with van der Waals surface area (Å²) < 4.78 is 31.8. The minimum absolute atomic E-state index is 0.110. The summed E-state index contributed by atoms with van der Waals surface area (Å²) in [6.45, 7) is 0.110. The number of aromatic nitrogens is 4. The highest BCUT2D eigenvalue weighted by Gasteiger charge is 2.30. The van der Waals surface area contributed by atoms with Gasteiger partial charge in [-0.05, 0) is 58.7 Å². The van der Waals surface area contributed by atoms with Crippen molar-refractivity contribution >= 4 is 58.7 Å². The van der Waals surface area contributed by atoms with Crippen LogP contribution in [0, 0.1) is 0 Å². The predicted molar refractivity (Wildman–Crippen MR) is 179 cm³/mol. The number of aryl methyl sites for hydroxylation is 1. The zero-order chi connectivity index (χ0) is 31.3. The molecule has 0 aliphatic heterocycles. The highest BCUT2D eigenvalue weighted by Crippen LogP contribution is 2.41. The summed E-state index contributed by atoms with van der Waals surface area (Å²) in [5.41, 5.74) is 3.24. The Balaban J connectivity index is 1.33. The first kappa shape index (κ1) is 29.0. The first-order valence-electron chi connectivity index (χ1n) is 14.3. The normalized spacial score (nSPS) is 12.8. The van der Waals surface area contributed by atoms with Crippen LogP contribution in [-0.4, -0.2) is 39.8 Å². The highest BCUT2D eigenvalue weighted by molar-refractivity contribution is 9.10. The van der Waals surface area contributed by atoms with Crippen LogP contribution in [0.15, 0.2) is 111 Å². The van der Waals surface area contributed by atoms with Crippen molar-refractivity contribution in [2.75, 3.05) is 6.54 Å². The van der Waals surface area contributed by atoms with Gasteiger partial charge >= 0.3 is 0 Å².